The second-order valence-corrected chi connectivity index (χ2v) is 7.66. The van der Waals surface area contributed by atoms with Crippen molar-refractivity contribution in [1.82, 2.24) is 9.88 Å². The fraction of sp³-hybridized carbons (Fsp3) is 0.786. The highest BCUT2D eigenvalue weighted by Crippen LogP contribution is 2.28. The van der Waals surface area contributed by atoms with Crippen molar-refractivity contribution in [3.05, 3.63) is 16.1 Å². The largest absolute Gasteiger partial charge is 0.367 e. The zero-order valence-corrected chi connectivity index (χ0v) is 13.8. The molecule has 1 aromatic rings. The molecular formula is C14H23ClN2OS. The monoisotopic (exact) mass is 302 g/mol. The lowest BCUT2D eigenvalue weighted by atomic mass is 9.99. The van der Waals surface area contributed by atoms with Crippen LogP contribution in [0.5, 0.6) is 0 Å². The normalized spacial score (nSPS) is 22.6. The molecule has 0 aliphatic carbocycles. The van der Waals surface area contributed by atoms with E-state index in [1.54, 1.807) is 11.3 Å². The first-order valence-electron chi connectivity index (χ1n) is 6.71. The fourth-order valence-electron chi connectivity index (χ4n) is 2.88. The molecule has 3 nitrogen and oxygen atoms in total. The number of halogens is 1. The summed E-state index contributed by atoms with van der Waals surface area (Å²) in [6.45, 7) is 11.6. The third-order valence-corrected chi connectivity index (χ3v) is 4.37. The van der Waals surface area contributed by atoms with Crippen LogP contribution < -0.4 is 0 Å². The maximum Gasteiger partial charge on any atom is 0.0941 e. The molecule has 2 rings (SSSR count). The van der Waals surface area contributed by atoms with Crippen LogP contribution in [0.1, 0.15) is 38.4 Å². The van der Waals surface area contributed by atoms with E-state index in [9.17, 15) is 0 Å². The molecule has 0 amide bonds. The zero-order valence-electron chi connectivity index (χ0n) is 12.2. The van der Waals surface area contributed by atoms with Crippen molar-refractivity contribution in [2.24, 2.45) is 0 Å². The van der Waals surface area contributed by atoms with Gasteiger partial charge >= 0.3 is 0 Å². The summed E-state index contributed by atoms with van der Waals surface area (Å²) in [6.07, 6.45) is 0.994. The Balaban J connectivity index is 1.91. The fourth-order valence-corrected chi connectivity index (χ4v) is 3.90. The number of morpholine rings is 1. The Kier molecular flexibility index (Phi) is 4.56. The van der Waals surface area contributed by atoms with Crippen LogP contribution in [0.15, 0.2) is 5.38 Å². The smallest absolute Gasteiger partial charge is 0.0941 e. The van der Waals surface area contributed by atoms with Gasteiger partial charge in [0.2, 0.25) is 0 Å². The summed E-state index contributed by atoms with van der Waals surface area (Å²) in [7, 11) is 0. The maximum absolute atomic E-state index is 6.09. The topological polar surface area (TPSA) is 25.4 Å². The van der Waals surface area contributed by atoms with Gasteiger partial charge in [-0.25, -0.2) is 4.98 Å². The average Bonchev–Trinajstić information content (AvgIpc) is 2.70. The Morgan fingerprint density at radius 2 is 1.95 bits per heavy atom. The molecule has 0 N–H and O–H groups in total. The third kappa shape index (κ3) is 4.42. The number of ether oxygens (including phenoxy) is 1. The highest BCUT2D eigenvalue weighted by molar-refractivity contribution is 7.09. The van der Waals surface area contributed by atoms with Gasteiger partial charge in [0.15, 0.2) is 0 Å². The Bertz CT molecular complexity index is 415. The van der Waals surface area contributed by atoms with Gasteiger partial charge in [-0.05, 0) is 27.7 Å². The van der Waals surface area contributed by atoms with Crippen molar-refractivity contribution in [3.63, 3.8) is 0 Å². The van der Waals surface area contributed by atoms with E-state index in [2.05, 4.69) is 43.0 Å². The molecule has 0 unspecified atom stereocenters. The minimum absolute atomic E-state index is 0.0775. The zero-order chi connectivity index (χ0) is 14.1. The molecule has 1 aliphatic heterocycles. The first-order chi connectivity index (χ1) is 8.80. The van der Waals surface area contributed by atoms with E-state index in [1.807, 2.05) is 0 Å². The molecule has 0 saturated carbocycles. The van der Waals surface area contributed by atoms with E-state index >= 15 is 0 Å². The van der Waals surface area contributed by atoms with Gasteiger partial charge in [0.05, 0.1) is 27.8 Å². The molecule has 19 heavy (non-hydrogen) atoms. The summed E-state index contributed by atoms with van der Waals surface area (Å²) < 4.78 is 6.09. The number of aromatic nitrogens is 1. The van der Waals surface area contributed by atoms with Crippen LogP contribution >= 0.6 is 22.9 Å². The lowest BCUT2D eigenvalue weighted by molar-refractivity contribution is -0.180. The van der Waals surface area contributed by atoms with E-state index in [-0.39, 0.29) is 11.2 Å². The van der Waals surface area contributed by atoms with Crippen molar-refractivity contribution in [1.29, 1.82) is 0 Å². The summed E-state index contributed by atoms with van der Waals surface area (Å²) in [4.78, 5) is 6.99. The van der Waals surface area contributed by atoms with Gasteiger partial charge in [0.25, 0.3) is 0 Å². The molecule has 1 fully saturated rings. The summed E-state index contributed by atoms with van der Waals surface area (Å²) >= 11 is 7.49. The SMILES string of the molecule is CC1(C)CN(CCc2nc(CCl)cs2)CC(C)(C)O1. The van der Waals surface area contributed by atoms with Crippen LogP contribution in [0, 0.1) is 0 Å². The summed E-state index contributed by atoms with van der Waals surface area (Å²) in [5, 5.41) is 3.23. The highest BCUT2D eigenvalue weighted by atomic mass is 35.5. The van der Waals surface area contributed by atoms with Crippen LogP contribution in [-0.4, -0.2) is 40.7 Å². The molecule has 0 spiro atoms. The molecule has 108 valence electrons. The number of alkyl halides is 1. The predicted octanol–water partition coefficient (Wildman–Crippen LogP) is 3.31. The van der Waals surface area contributed by atoms with E-state index in [1.165, 1.54) is 5.01 Å². The lowest BCUT2D eigenvalue weighted by Crippen LogP contribution is -2.57. The Morgan fingerprint density at radius 1 is 1.32 bits per heavy atom. The Labute approximate surface area is 124 Å². The molecule has 1 saturated heterocycles. The molecule has 1 aromatic heterocycles. The molecule has 0 radical (unpaired) electrons. The number of rotatable bonds is 4. The van der Waals surface area contributed by atoms with Crippen molar-refractivity contribution in [3.8, 4) is 0 Å². The molecule has 0 aromatic carbocycles. The minimum atomic E-state index is -0.0775. The molecule has 0 bridgehead atoms. The van der Waals surface area contributed by atoms with Crippen molar-refractivity contribution in [2.45, 2.75) is 51.2 Å². The maximum atomic E-state index is 6.09. The van der Waals surface area contributed by atoms with E-state index < -0.39 is 0 Å². The minimum Gasteiger partial charge on any atom is -0.367 e. The molecule has 2 heterocycles. The van der Waals surface area contributed by atoms with Crippen molar-refractivity contribution in [2.75, 3.05) is 19.6 Å². The van der Waals surface area contributed by atoms with Gasteiger partial charge in [-0.2, -0.15) is 0 Å². The third-order valence-electron chi connectivity index (χ3n) is 3.14. The summed E-state index contributed by atoms with van der Waals surface area (Å²) in [6, 6.07) is 0. The Hall–Kier alpha value is -0.160. The van der Waals surface area contributed by atoms with Gasteiger partial charge in [0, 0.05) is 31.4 Å². The average molecular weight is 303 g/mol. The van der Waals surface area contributed by atoms with Gasteiger partial charge in [-0.3, -0.25) is 4.90 Å². The van der Waals surface area contributed by atoms with E-state index in [4.69, 9.17) is 16.3 Å². The highest BCUT2D eigenvalue weighted by Gasteiger charge is 2.37. The number of thiazole rings is 1. The van der Waals surface area contributed by atoms with Crippen LogP contribution in [0.2, 0.25) is 0 Å². The summed E-state index contributed by atoms with van der Waals surface area (Å²) in [5.74, 6) is 0.508. The quantitative estimate of drug-likeness (QED) is 0.798. The van der Waals surface area contributed by atoms with Crippen LogP contribution in [0.4, 0.5) is 0 Å². The molecule has 5 heteroatoms. The predicted molar refractivity (Wildman–Crippen MR) is 81.1 cm³/mol. The van der Waals surface area contributed by atoms with Crippen LogP contribution in [0.25, 0.3) is 0 Å². The van der Waals surface area contributed by atoms with E-state index in [0.717, 1.165) is 31.7 Å². The van der Waals surface area contributed by atoms with Crippen molar-refractivity contribution >= 4 is 22.9 Å². The number of hydrogen-bond donors (Lipinski definition) is 0. The standard InChI is InChI=1S/C14H23ClN2OS/c1-13(2)9-17(10-14(3,4)18-13)6-5-12-16-11(7-15)8-19-12/h8H,5-7,9-10H2,1-4H3. The lowest BCUT2D eigenvalue weighted by Gasteiger charge is -2.47. The second kappa shape index (κ2) is 5.68. The van der Waals surface area contributed by atoms with Gasteiger partial charge in [0.1, 0.15) is 0 Å². The van der Waals surface area contributed by atoms with Crippen LogP contribution in [-0.2, 0) is 17.0 Å². The van der Waals surface area contributed by atoms with Gasteiger partial charge in [-0.15, -0.1) is 22.9 Å². The van der Waals surface area contributed by atoms with E-state index in [0.29, 0.717) is 5.88 Å². The van der Waals surface area contributed by atoms with Gasteiger partial charge in [-0.1, -0.05) is 0 Å². The first kappa shape index (κ1) is 15.2. The summed E-state index contributed by atoms with van der Waals surface area (Å²) in [5.41, 5.74) is 0.835. The first-order valence-corrected chi connectivity index (χ1v) is 8.13. The van der Waals surface area contributed by atoms with Crippen molar-refractivity contribution < 1.29 is 4.74 Å². The van der Waals surface area contributed by atoms with Gasteiger partial charge < -0.3 is 4.74 Å². The second-order valence-electron chi connectivity index (χ2n) is 6.45. The molecular weight excluding hydrogens is 280 g/mol. The Morgan fingerprint density at radius 3 is 2.47 bits per heavy atom. The molecule has 1 aliphatic rings. The number of nitrogens with zero attached hydrogens (tertiary/aromatic N) is 2. The van der Waals surface area contributed by atoms with Crippen LogP contribution in [0.3, 0.4) is 0 Å². The molecule has 0 atom stereocenters. The number of hydrogen-bond acceptors (Lipinski definition) is 4.